The van der Waals surface area contributed by atoms with Crippen LogP contribution in [0.2, 0.25) is 0 Å². The number of anilines is 1. The number of benzene rings is 1. The quantitative estimate of drug-likeness (QED) is 0.534. The number of aliphatic hydroxyl groups excluding tert-OH is 1. The van der Waals surface area contributed by atoms with E-state index in [2.05, 4.69) is 30.8 Å². The van der Waals surface area contributed by atoms with E-state index in [0.29, 0.717) is 23.2 Å². The van der Waals surface area contributed by atoms with E-state index in [4.69, 9.17) is 5.73 Å². The Hall–Kier alpha value is -2.93. The molecule has 4 N–H and O–H groups in total. The van der Waals surface area contributed by atoms with E-state index >= 15 is 0 Å². The first-order valence-corrected chi connectivity index (χ1v) is 8.47. The number of nitrogens with one attached hydrogen (secondary N) is 1. The third kappa shape index (κ3) is 2.05. The van der Waals surface area contributed by atoms with Gasteiger partial charge in [0.25, 0.3) is 0 Å². The van der Waals surface area contributed by atoms with Gasteiger partial charge >= 0.3 is 0 Å². The van der Waals surface area contributed by atoms with Gasteiger partial charge in [0.15, 0.2) is 5.82 Å². The highest BCUT2D eigenvalue weighted by molar-refractivity contribution is 6.07. The second-order valence-corrected chi connectivity index (χ2v) is 6.54. The van der Waals surface area contributed by atoms with Crippen molar-refractivity contribution in [2.45, 2.75) is 31.9 Å². The molecule has 1 aliphatic carbocycles. The highest BCUT2D eigenvalue weighted by Gasteiger charge is 2.26. The minimum Gasteiger partial charge on any atom is -0.388 e. The first-order valence-electron chi connectivity index (χ1n) is 8.47. The van der Waals surface area contributed by atoms with Crippen LogP contribution in [-0.4, -0.2) is 29.8 Å². The maximum atomic E-state index is 9.76. The van der Waals surface area contributed by atoms with Crippen molar-refractivity contribution in [2.75, 3.05) is 5.73 Å². The van der Waals surface area contributed by atoms with Crippen LogP contribution in [0.25, 0.3) is 33.2 Å². The fraction of sp³-hybridized carbons (Fsp3) is 0.278. The van der Waals surface area contributed by atoms with E-state index in [9.17, 15) is 5.11 Å². The number of H-pyrrole nitrogens is 1. The van der Waals surface area contributed by atoms with Crippen molar-refractivity contribution in [2.24, 2.45) is 0 Å². The monoisotopic (exact) mass is 334 g/mol. The van der Waals surface area contributed by atoms with Crippen LogP contribution in [0.4, 0.5) is 5.82 Å². The number of aromatic amines is 1. The number of hydrogen-bond donors (Lipinski definition) is 3. The molecule has 0 unspecified atom stereocenters. The smallest absolute Gasteiger partial charge is 0.152 e. The number of rotatable bonds is 3. The van der Waals surface area contributed by atoms with Crippen LogP contribution in [0, 0.1) is 0 Å². The van der Waals surface area contributed by atoms with Crippen LogP contribution >= 0.6 is 0 Å². The summed E-state index contributed by atoms with van der Waals surface area (Å²) in [7, 11) is 0. The predicted molar refractivity (Wildman–Crippen MR) is 95.8 cm³/mol. The van der Waals surface area contributed by atoms with E-state index in [1.165, 1.54) is 6.42 Å². The van der Waals surface area contributed by atoms with Crippen LogP contribution in [0.3, 0.4) is 0 Å². The molecule has 0 radical (unpaired) electrons. The number of nitrogen functional groups attached to an aromatic ring is 1. The molecule has 3 heterocycles. The Bertz CT molecular complexity index is 1080. The van der Waals surface area contributed by atoms with Crippen molar-refractivity contribution >= 4 is 27.8 Å². The number of nitrogens with two attached hydrogens (primary N) is 1. The highest BCUT2D eigenvalue weighted by atomic mass is 16.3. The Kier molecular flexibility index (Phi) is 3.05. The Labute approximate surface area is 143 Å². The van der Waals surface area contributed by atoms with Gasteiger partial charge in [0, 0.05) is 23.2 Å². The topological polar surface area (TPSA) is 106 Å². The number of nitrogens with zero attached hydrogens (tertiary/aromatic N) is 4. The van der Waals surface area contributed by atoms with Crippen molar-refractivity contribution in [3.63, 3.8) is 0 Å². The fourth-order valence-corrected chi connectivity index (χ4v) is 3.66. The summed E-state index contributed by atoms with van der Waals surface area (Å²) in [6.07, 6.45) is 5.14. The second kappa shape index (κ2) is 5.29. The van der Waals surface area contributed by atoms with Crippen molar-refractivity contribution in [1.29, 1.82) is 0 Å². The largest absolute Gasteiger partial charge is 0.388 e. The van der Waals surface area contributed by atoms with Gasteiger partial charge in [0.05, 0.1) is 16.7 Å². The molecular formula is C18H18N6O. The van der Waals surface area contributed by atoms with Gasteiger partial charge in [-0.15, -0.1) is 0 Å². The summed E-state index contributed by atoms with van der Waals surface area (Å²) in [5, 5.41) is 17.7. The van der Waals surface area contributed by atoms with Gasteiger partial charge < -0.3 is 15.4 Å². The van der Waals surface area contributed by atoms with Crippen molar-refractivity contribution in [3.8, 4) is 11.3 Å². The summed E-state index contributed by atoms with van der Waals surface area (Å²) in [6.45, 7) is -0.0989. The number of aliphatic hydroxyl groups is 1. The Morgan fingerprint density at radius 2 is 2.12 bits per heavy atom. The zero-order valence-electron chi connectivity index (χ0n) is 13.6. The van der Waals surface area contributed by atoms with Gasteiger partial charge in [-0.25, -0.2) is 9.97 Å². The number of hydrogen-bond acceptors (Lipinski definition) is 5. The molecule has 1 fully saturated rings. The maximum Gasteiger partial charge on any atom is 0.152 e. The number of imidazole rings is 1. The summed E-state index contributed by atoms with van der Waals surface area (Å²) in [5.74, 6) is 1.07. The van der Waals surface area contributed by atoms with Crippen molar-refractivity contribution in [3.05, 3.63) is 36.3 Å². The molecule has 3 aromatic heterocycles. The molecule has 25 heavy (non-hydrogen) atoms. The molecule has 0 bridgehead atoms. The molecular weight excluding hydrogens is 316 g/mol. The zero-order chi connectivity index (χ0) is 17.0. The van der Waals surface area contributed by atoms with Gasteiger partial charge in [-0.2, -0.15) is 5.10 Å². The third-order valence-corrected chi connectivity index (χ3v) is 5.11. The highest BCUT2D eigenvalue weighted by Crippen LogP contribution is 2.39. The molecule has 1 aromatic carbocycles. The zero-order valence-corrected chi connectivity index (χ0v) is 13.6. The molecule has 1 aliphatic rings. The molecule has 4 aromatic rings. The van der Waals surface area contributed by atoms with Gasteiger partial charge in [-0.05, 0) is 37.5 Å². The SMILES string of the molecule is Nc1nc2cc(-c3ccn[nH]3)ccc2c2c1nc(CO)n2C1CCC1. The standard InChI is InChI=1S/C18H18N6O/c19-18-16-17(24(11-2-1-3-11)15(9-25)22-16)12-5-4-10(8-14(12)21-18)13-6-7-20-23-13/h4-8,11,25H,1-3,9H2,(H2,19,21)(H,20,23). The van der Waals surface area contributed by atoms with E-state index in [1.807, 2.05) is 18.2 Å². The number of aromatic nitrogens is 5. The minimum atomic E-state index is -0.0989. The lowest BCUT2D eigenvalue weighted by Gasteiger charge is -2.29. The lowest BCUT2D eigenvalue weighted by Crippen LogP contribution is -2.19. The molecule has 0 saturated heterocycles. The molecule has 5 rings (SSSR count). The predicted octanol–water partition coefficient (Wildman–Crippen LogP) is 2.77. The second-order valence-electron chi connectivity index (χ2n) is 6.54. The van der Waals surface area contributed by atoms with Crippen LogP contribution in [0.1, 0.15) is 31.1 Å². The van der Waals surface area contributed by atoms with E-state index in [1.54, 1.807) is 6.20 Å². The lowest BCUT2D eigenvalue weighted by atomic mass is 9.92. The van der Waals surface area contributed by atoms with Crippen LogP contribution < -0.4 is 5.73 Å². The van der Waals surface area contributed by atoms with Crippen LogP contribution in [-0.2, 0) is 6.61 Å². The molecule has 0 atom stereocenters. The van der Waals surface area contributed by atoms with Gasteiger partial charge in [-0.1, -0.05) is 6.07 Å². The van der Waals surface area contributed by atoms with Gasteiger partial charge in [-0.3, -0.25) is 5.10 Å². The molecule has 7 heteroatoms. The molecule has 0 aliphatic heterocycles. The number of pyridine rings is 1. The Morgan fingerprint density at radius 1 is 1.24 bits per heavy atom. The Balaban J connectivity index is 1.83. The maximum absolute atomic E-state index is 9.76. The Morgan fingerprint density at radius 3 is 2.80 bits per heavy atom. The average Bonchev–Trinajstić information content (AvgIpc) is 3.21. The van der Waals surface area contributed by atoms with Crippen LogP contribution in [0.15, 0.2) is 30.5 Å². The summed E-state index contributed by atoms with van der Waals surface area (Å²) in [4.78, 5) is 9.12. The first-order chi connectivity index (χ1) is 12.3. The molecule has 0 spiro atoms. The summed E-state index contributed by atoms with van der Waals surface area (Å²) < 4.78 is 2.16. The molecule has 126 valence electrons. The van der Waals surface area contributed by atoms with Gasteiger partial charge in [0.2, 0.25) is 0 Å². The van der Waals surface area contributed by atoms with E-state index < -0.39 is 0 Å². The lowest BCUT2D eigenvalue weighted by molar-refractivity contribution is 0.243. The molecule has 1 saturated carbocycles. The van der Waals surface area contributed by atoms with Gasteiger partial charge in [0.1, 0.15) is 17.9 Å². The van der Waals surface area contributed by atoms with Crippen molar-refractivity contribution < 1.29 is 5.11 Å². The average molecular weight is 334 g/mol. The third-order valence-electron chi connectivity index (χ3n) is 5.11. The normalized spacial score (nSPS) is 15.1. The first kappa shape index (κ1) is 14.4. The fourth-order valence-electron chi connectivity index (χ4n) is 3.66. The van der Waals surface area contributed by atoms with E-state index in [-0.39, 0.29) is 6.61 Å². The van der Waals surface area contributed by atoms with Crippen LogP contribution in [0.5, 0.6) is 0 Å². The number of fused-ring (bicyclic) bond motifs is 3. The van der Waals surface area contributed by atoms with E-state index in [0.717, 1.165) is 40.5 Å². The molecule has 0 amide bonds. The summed E-state index contributed by atoms with van der Waals surface area (Å²) in [6, 6.07) is 8.41. The molecule has 7 nitrogen and oxygen atoms in total. The minimum absolute atomic E-state index is 0.0989. The summed E-state index contributed by atoms with van der Waals surface area (Å²) >= 11 is 0. The van der Waals surface area contributed by atoms with Crippen molar-refractivity contribution in [1.82, 2.24) is 24.7 Å². The summed E-state index contributed by atoms with van der Waals surface area (Å²) in [5.41, 5.74) is 10.6.